The Bertz CT molecular complexity index is 1370. The molecule has 1 aliphatic heterocycles. The summed E-state index contributed by atoms with van der Waals surface area (Å²) in [4.78, 5) is 20.1. The molecule has 0 bridgehead atoms. The fourth-order valence-electron chi connectivity index (χ4n) is 3.23. The van der Waals surface area contributed by atoms with E-state index in [0.717, 1.165) is 11.1 Å². The lowest BCUT2D eigenvalue weighted by Crippen LogP contribution is -2.28. The van der Waals surface area contributed by atoms with Crippen molar-refractivity contribution < 1.29 is 14.6 Å². The number of amidine groups is 1. The van der Waals surface area contributed by atoms with Crippen LogP contribution in [0.4, 0.5) is 11.4 Å². The lowest BCUT2D eigenvalue weighted by molar-refractivity contribution is -0.113. The first-order chi connectivity index (χ1) is 16.2. The highest BCUT2D eigenvalue weighted by atomic mass is 35.5. The van der Waals surface area contributed by atoms with Gasteiger partial charge < -0.3 is 9.84 Å². The Morgan fingerprint density at radius 1 is 0.971 bits per heavy atom. The van der Waals surface area contributed by atoms with Crippen molar-refractivity contribution in [3.63, 3.8) is 0 Å². The van der Waals surface area contributed by atoms with E-state index >= 15 is 0 Å². The summed E-state index contributed by atoms with van der Waals surface area (Å²) in [7, 11) is 1.44. The maximum absolute atomic E-state index is 13.5. The number of benzene rings is 3. The van der Waals surface area contributed by atoms with Crippen LogP contribution in [0.25, 0.3) is 6.08 Å². The molecular weight excluding hydrogens is 515 g/mol. The molecule has 4 rings (SSSR count). The number of rotatable bonds is 4. The van der Waals surface area contributed by atoms with Gasteiger partial charge >= 0.3 is 0 Å². The SMILES string of the molecule is COc1cc(C=C2SC(=Nc3ccc(C)c(Cl)c3)N(c3ccc(C)c(Cl)c3)C2=O)c(Cl)cc1O. The number of aryl methyl sites for hydroxylation is 2. The monoisotopic (exact) mass is 532 g/mol. The Hall–Kier alpha value is -2.64. The highest BCUT2D eigenvalue weighted by Gasteiger charge is 2.35. The van der Waals surface area contributed by atoms with Gasteiger partial charge in [0.1, 0.15) is 0 Å². The van der Waals surface area contributed by atoms with Gasteiger partial charge in [0.25, 0.3) is 5.91 Å². The van der Waals surface area contributed by atoms with Crippen LogP contribution in [0.2, 0.25) is 15.1 Å². The van der Waals surface area contributed by atoms with Gasteiger partial charge in [-0.15, -0.1) is 0 Å². The minimum atomic E-state index is -0.287. The molecule has 1 aliphatic rings. The number of amides is 1. The Kier molecular flexibility index (Phi) is 7.14. The fourth-order valence-corrected chi connectivity index (χ4v) is 4.79. The van der Waals surface area contributed by atoms with E-state index in [0.29, 0.717) is 37.1 Å². The topological polar surface area (TPSA) is 62.1 Å². The summed E-state index contributed by atoms with van der Waals surface area (Å²) in [6.07, 6.45) is 1.64. The van der Waals surface area contributed by atoms with E-state index in [2.05, 4.69) is 0 Å². The van der Waals surface area contributed by atoms with Crippen LogP contribution in [0.15, 0.2) is 58.4 Å². The number of halogens is 3. The van der Waals surface area contributed by atoms with Crippen molar-refractivity contribution in [1.82, 2.24) is 0 Å². The molecule has 1 amide bonds. The van der Waals surface area contributed by atoms with Gasteiger partial charge in [0.05, 0.1) is 28.4 Å². The second-order valence-electron chi connectivity index (χ2n) is 7.56. The molecule has 3 aromatic rings. The first-order valence-corrected chi connectivity index (χ1v) is 12.0. The molecule has 34 heavy (non-hydrogen) atoms. The fraction of sp³-hybridized carbons (Fsp3) is 0.120. The molecule has 0 spiro atoms. The van der Waals surface area contributed by atoms with Gasteiger partial charge in [-0.2, -0.15) is 0 Å². The number of nitrogens with zero attached hydrogens (tertiary/aromatic N) is 2. The number of phenolic OH excluding ortho intramolecular Hbond substituents is 1. The molecule has 5 nitrogen and oxygen atoms in total. The Labute approximate surface area is 216 Å². The van der Waals surface area contributed by atoms with Crippen LogP contribution < -0.4 is 9.64 Å². The van der Waals surface area contributed by atoms with Crippen molar-refractivity contribution in [2.24, 2.45) is 4.99 Å². The van der Waals surface area contributed by atoms with Crippen molar-refractivity contribution in [3.8, 4) is 11.5 Å². The van der Waals surface area contributed by atoms with Crippen LogP contribution in [0.5, 0.6) is 11.5 Å². The number of hydrogen-bond acceptors (Lipinski definition) is 5. The first-order valence-electron chi connectivity index (χ1n) is 10.1. The molecule has 3 aromatic carbocycles. The van der Waals surface area contributed by atoms with Crippen molar-refractivity contribution in [2.75, 3.05) is 12.0 Å². The molecule has 174 valence electrons. The van der Waals surface area contributed by atoms with Gasteiger partial charge in [-0.05, 0) is 78.7 Å². The predicted molar refractivity (Wildman–Crippen MR) is 142 cm³/mol. The number of thioether (sulfide) groups is 1. The van der Waals surface area contributed by atoms with E-state index in [4.69, 9.17) is 44.5 Å². The number of carbonyl (C=O) groups excluding carboxylic acids is 1. The third-order valence-electron chi connectivity index (χ3n) is 5.18. The average Bonchev–Trinajstić information content (AvgIpc) is 3.09. The summed E-state index contributed by atoms with van der Waals surface area (Å²) in [5.74, 6) is -0.128. The minimum Gasteiger partial charge on any atom is -0.504 e. The number of hydrogen-bond donors (Lipinski definition) is 1. The van der Waals surface area contributed by atoms with Gasteiger partial charge in [-0.25, -0.2) is 4.99 Å². The van der Waals surface area contributed by atoms with Gasteiger partial charge in [-0.3, -0.25) is 9.69 Å². The van der Waals surface area contributed by atoms with Gasteiger partial charge in [-0.1, -0.05) is 46.9 Å². The summed E-state index contributed by atoms with van der Waals surface area (Å²) >= 11 is 20.1. The quantitative estimate of drug-likeness (QED) is 0.348. The van der Waals surface area contributed by atoms with Crippen LogP contribution >= 0.6 is 46.6 Å². The highest BCUT2D eigenvalue weighted by molar-refractivity contribution is 8.19. The first kappa shape index (κ1) is 24.5. The van der Waals surface area contributed by atoms with Crippen LogP contribution in [0.3, 0.4) is 0 Å². The summed E-state index contributed by atoms with van der Waals surface area (Å²) in [6, 6.07) is 13.8. The molecule has 0 aromatic heterocycles. The van der Waals surface area contributed by atoms with E-state index in [9.17, 15) is 9.90 Å². The number of phenols is 1. The summed E-state index contributed by atoms with van der Waals surface area (Å²) in [5, 5.41) is 11.8. The zero-order chi connectivity index (χ0) is 24.6. The van der Waals surface area contributed by atoms with Crippen LogP contribution in [-0.2, 0) is 4.79 Å². The van der Waals surface area contributed by atoms with Gasteiger partial charge in [0, 0.05) is 16.1 Å². The largest absolute Gasteiger partial charge is 0.504 e. The predicted octanol–water partition coefficient (Wildman–Crippen LogP) is 7.79. The van der Waals surface area contributed by atoms with E-state index in [1.54, 1.807) is 24.3 Å². The Morgan fingerprint density at radius 3 is 2.29 bits per heavy atom. The standard InChI is InChI=1S/C25H19Cl3N2O3S/c1-13-4-6-16(10-18(13)26)29-25-30(17-7-5-14(2)19(27)11-17)24(32)23(34-25)9-15-8-22(33-3)21(31)12-20(15)28/h4-12,31H,1-3H3. The maximum atomic E-state index is 13.5. The second-order valence-corrected chi connectivity index (χ2v) is 9.79. The third-order valence-corrected chi connectivity index (χ3v) is 7.30. The van der Waals surface area contributed by atoms with Gasteiger partial charge in [0.2, 0.25) is 0 Å². The van der Waals surface area contributed by atoms with E-state index in [-0.39, 0.29) is 22.4 Å². The van der Waals surface area contributed by atoms with Crippen LogP contribution in [0, 0.1) is 13.8 Å². The summed E-state index contributed by atoms with van der Waals surface area (Å²) in [5.41, 5.74) is 3.54. The number of aliphatic imine (C=N–C) groups is 1. The molecule has 0 aliphatic carbocycles. The summed E-state index contributed by atoms with van der Waals surface area (Å²) in [6.45, 7) is 3.80. The lowest BCUT2D eigenvalue weighted by atomic mass is 10.1. The molecule has 0 unspecified atom stereocenters. The normalized spacial score (nSPS) is 16.1. The lowest BCUT2D eigenvalue weighted by Gasteiger charge is -2.16. The second kappa shape index (κ2) is 9.92. The smallest absolute Gasteiger partial charge is 0.271 e. The number of methoxy groups -OCH3 is 1. The molecule has 1 fully saturated rings. The van der Waals surface area contributed by atoms with Crippen molar-refractivity contribution in [3.05, 3.63) is 85.2 Å². The van der Waals surface area contributed by atoms with Gasteiger partial charge in [0.15, 0.2) is 16.7 Å². The zero-order valence-electron chi connectivity index (χ0n) is 18.4. The molecule has 0 radical (unpaired) electrons. The van der Waals surface area contributed by atoms with E-state index in [1.807, 2.05) is 38.1 Å². The van der Waals surface area contributed by atoms with Crippen LogP contribution in [0.1, 0.15) is 16.7 Å². The van der Waals surface area contributed by atoms with E-state index < -0.39 is 0 Å². The minimum absolute atomic E-state index is 0.0884. The summed E-state index contributed by atoms with van der Waals surface area (Å²) < 4.78 is 5.18. The molecule has 1 saturated heterocycles. The molecular formula is C25H19Cl3N2O3S. The molecule has 1 N–H and O–H groups in total. The zero-order valence-corrected chi connectivity index (χ0v) is 21.5. The molecule has 9 heteroatoms. The number of anilines is 1. The molecule has 0 saturated carbocycles. The van der Waals surface area contributed by atoms with Crippen molar-refractivity contribution >= 4 is 75.1 Å². The maximum Gasteiger partial charge on any atom is 0.271 e. The average molecular weight is 534 g/mol. The number of aromatic hydroxyl groups is 1. The third kappa shape index (κ3) is 4.91. The Balaban J connectivity index is 1.83. The molecule has 1 heterocycles. The van der Waals surface area contributed by atoms with Crippen molar-refractivity contribution in [1.29, 1.82) is 0 Å². The Morgan fingerprint density at radius 2 is 1.65 bits per heavy atom. The van der Waals surface area contributed by atoms with Crippen LogP contribution in [-0.4, -0.2) is 23.3 Å². The van der Waals surface area contributed by atoms with Crippen molar-refractivity contribution in [2.45, 2.75) is 13.8 Å². The number of ether oxygens (including phenoxy) is 1. The molecule has 0 atom stereocenters. The van der Waals surface area contributed by atoms with E-state index in [1.165, 1.54) is 29.8 Å². The highest BCUT2D eigenvalue weighted by Crippen LogP contribution is 2.40. The number of carbonyl (C=O) groups is 1.